The average Bonchev–Trinajstić information content (AvgIpc) is 2.96. The molecule has 2 atom stereocenters. The highest BCUT2D eigenvalue weighted by molar-refractivity contribution is 5.72. The van der Waals surface area contributed by atoms with Gasteiger partial charge in [0.05, 0.1) is 20.6 Å². The summed E-state index contributed by atoms with van der Waals surface area (Å²) in [5, 5.41) is 0. The predicted octanol–water partition coefficient (Wildman–Crippen LogP) is 9.54. The van der Waals surface area contributed by atoms with Crippen LogP contribution in [0.3, 0.4) is 0 Å². The molecule has 0 aromatic heterocycles. The van der Waals surface area contributed by atoms with Gasteiger partial charge in [-0.2, -0.15) is 0 Å². The van der Waals surface area contributed by atoms with Crippen LogP contribution in [-0.2, 0) is 22.5 Å². The first-order chi connectivity index (χ1) is 19.8. The quantitative estimate of drug-likeness (QED) is 0.0763. The zero-order valence-corrected chi connectivity index (χ0v) is 27.0. The number of ether oxygens (including phenoxy) is 2. The van der Waals surface area contributed by atoms with Gasteiger partial charge in [-0.05, 0) is 37.8 Å². The summed E-state index contributed by atoms with van der Waals surface area (Å²) in [4.78, 5) is 12.9. The van der Waals surface area contributed by atoms with Crippen molar-refractivity contribution in [2.45, 2.75) is 123 Å². The number of carbonyl (C=O) groups is 1. The Labute approximate surface area is 252 Å². The third-order valence-electron chi connectivity index (χ3n) is 8.06. The van der Waals surface area contributed by atoms with Gasteiger partial charge >= 0.3 is 5.97 Å². The van der Waals surface area contributed by atoms with Gasteiger partial charge in [0.15, 0.2) is 0 Å². The fraction of sp³-hybridized carbons (Fsp3) is 0.649. The summed E-state index contributed by atoms with van der Waals surface area (Å²) >= 11 is 0. The molecule has 0 N–H and O–H groups in total. The predicted molar refractivity (Wildman–Crippen MR) is 173 cm³/mol. The molecule has 0 aliphatic heterocycles. The molecule has 0 amide bonds. The topological polar surface area (TPSA) is 35.5 Å². The average molecular weight is 567 g/mol. The van der Waals surface area contributed by atoms with Gasteiger partial charge in [0.2, 0.25) is 0 Å². The van der Waals surface area contributed by atoms with Crippen molar-refractivity contribution in [1.29, 1.82) is 0 Å². The van der Waals surface area contributed by atoms with Crippen LogP contribution in [0.2, 0.25) is 0 Å². The van der Waals surface area contributed by atoms with E-state index in [9.17, 15) is 4.79 Å². The number of rotatable bonds is 23. The molecule has 0 fully saturated rings. The lowest BCUT2D eigenvalue weighted by atomic mass is 10.0. The van der Waals surface area contributed by atoms with E-state index in [2.05, 4.69) is 70.4 Å². The van der Waals surface area contributed by atoms with Gasteiger partial charge in [-0.1, -0.05) is 133 Å². The van der Waals surface area contributed by atoms with Gasteiger partial charge in [0.25, 0.3) is 0 Å². The van der Waals surface area contributed by atoms with Crippen LogP contribution < -0.4 is 4.74 Å². The van der Waals surface area contributed by atoms with E-state index in [-0.39, 0.29) is 18.0 Å². The summed E-state index contributed by atoms with van der Waals surface area (Å²) in [7, 11) is 4.34. The van der Waals surface area contributed by atoms with Crippen molar-refractivity contribution >= 4 is 5.97 Å². The number of unbranched alkanes of at least 4 members (excludes halogenated alkanes) is 11. The highest BCUT2D eigenvalue weighted by Crippen LogP contribution is 2.23. The fourth-order valence-corrected chi connectivity index (χ4v) is 5.67. The second-order valence-corrected chi connectivity index (χ2v) is 12.7. The van der Waals surface area contributed by atoms with Crippen molar-refractivity contribution in [2.24, 2.45) is 5.92 Å². The van der Waals surface area contributed by atoms with Gasteiger partial charge in [-0.25, -0.2) is 0 Å². The lowest BCUT2D eigenvalue weighted by Gasteiger charge is -2.32. The van der Waals surface area contributed by atoms with E-state index in [0.717, 1.165) is 36.2 Å². The van der Waals surface area contributed by atoms with E-state index >= 15 is 0 Å². The molecule has 0 bridgehead atoms. The van der Waals surface area contributed by atoms with Gasteiger partial charge in [0.1, 0.15) is 30.9 Å². The number of benzene rings is 2. The standard InChI is InChI=1S/C37H60NO3/c1-6-8-9-10-11-12-13-14-15-16-17-21-26-34-27-22-23-28-36(34)41-35(7-2)31-40-37(39)32(3)29-38(4,5)30-33-24-19-18-20-25-33/h18-20,22-25,27-28,32,35H,6-17,21,26,29-31H2,1-5H3/q+1. The molecule has 0 radical (unpaired) electrons. The largest absolute Gasteiger partial charge is 0.487 e. The summed E-state index contributed by atoms with van der Waals surface area (Å²) in [6, 6.07) is 18.8. The van der Waals surface area contributed by atoms with Crippen LogP contribution >= 0.6 is 0 Å². The monoisotopic (exact) mass is 566 g/mol. The van der Waals surface area contributed by atoms with Crippen LogP contribution in [0, 0.1) is 5.92 Å². The summed E-state index contributed by atoms with van der Waals surface area (Å²) < 4.78 is 12.9. The number of quaternary nitrogens is 1. The molecule has 41 heavy (non-hydrogen) atoms. The molecule has 2 unspecified atom stereocenters. The smallest absolute Gasteiger partial charge is 0.314 e. The van der Waals surface area contributed by atoms with E-state index in [1.165, 1.54) is 88.2 Å². The number of carbonyl (C=O) groups excluding carboxylic acids is 1. The Balaban J connectivity index is 1.69. The Kier molecular flexibility index (Phi) is 17.5. The summed E-state index contributed by atoms with van der Waals surface area (Å²) in [5.74, 6) is 0.618. The van der Waals surface area contributed by atoms with Crippen molar-refractivity contribution in [2.75, 3.05) is 27.2 Å². The first-order valence-electron chi connectivity index (χ1n) is 16.6. The maximum atomic E-state index is 12.9. The highest BCUT2D eigenvalue weighted by atomic mass is 16.6. The Morgan fingerprint density at radius 1 is 0.756 bits per heavy atom. The second-order valence-electron chi connectivity index (χ2n) is 12.7. The van der Waals surface area contributed by atoms with E-state index in [0.29, 0.717) is 6.61 Å². The third kappa shape index (κ3) is 15.5. The summed E-state index contributed by atoms with van der Waals surface area (Å²) in [6.07, 6.45) is 18.0. The first kappa shape index (κ1) is 34.9. The molecule has 2 rings (SSSR count). The molecule has 0 saturated carbocycles. The summed E-state index contributed by atoms with van der Waals surface area (Å²) in [6.45, 7) is 8.25. The minimum Gasteiger partial charge on any atom is -0.487 e. The van der Waals surface area contributed by atoms with Crippen molar-refractivity contribution in [3.8, 4) is 5.75 Å². The lowest BCUT2D eigenvalue weighted by Crippen LogP contribution is -2.44. The second kappa shape index (κ2) is 20.5. The number of nitrogens with zero attached hydrogens (tertiary/aromatic N) is 1. The summed E-state index contributed by atoms with van der Waals surface area (Å²) in [5.41, 5.74) is 2.54. The van der Waals surface area contributed by atoms with Gasteiger partial charge in [-0.3, -0.25) is 4.79 Å². The van der Waals surface area contributed by atoms with E-state index in [1.807, 2.05) is 19.1 Å². The Hall–Kier alpha value is -2.33. The zero-order chi connectivity index (χ0) is 29.8. The van der Waals surface area contributed by atoms with Crippen molar-refractivity contribution < 1.29 is 18.8 Å². The molecule has 0 heterocycles. The van der Waals surface area contributed by atoms with Crippen LogP contribution in [0.15, 0.2) is 54.6 Å². The SMILES string of the molecule is CCCCCCCCCCCCCCc1ccccc1OC(CC)COC(=O)C(C)C[N+](C)(C)Cc1ccccc1. The third-order valence-corrected chi connectivity index (χ3v) is 8.06. The number of hydrogen-bond acceptors (Lipinski definition) is 3. The first-order valence-corrected chi connectivity index (χ1v) is 16.6. The van der Waals surface area contributed by atoms with Gasteiger partial charge in [-0.15, -0.1) is 0 Å². The van der Waals surface area contributed by atoms with Crippen molar-refractivity contribution in [3.05, 3.63) is 65.7 Å². The molecule has 230 valence electrons. The minimum atomic E-state index is -0.177. The van der Waals surface area contributed by atoms with Crippen LogP contribution in [0.5, 0.6) is 5.75 Å². The maximum absolute atomic E-state index is 12.9. The minimum absolute atomic E-state index is 0.138. The van der Waals surface area contributed by atoms with E-state index in [4.69, 9.17) is 9.47 Å². The molecule has 4 heteroatoms. The number of para-hydroxylation sites is 1. The Morgan fingerprint density at radius 2 is 1.32 bits per heavy atom. The number of aryl methyl sites for hydroxylation is 1. The molecule has 2 aromatic carbocycles. The fourth-order valence-electron chi connectivity index (χ4n) is 5.67. The van der Waals surface area contributed by atoms with Crippen molar-refractivity contribution in [3.63, 3.8) is 0 Å². The number of esters is 1. The number of hydrogen-bond donors (Lipinski definition) is 0. The Bertz CT molecular complexity index is 942. The van der Waals surface area contributed by atoms with Gasteiger partial charge < -0.3 is 14.0 Å². The molecule has 0 aliphatic carbocycles. The van der Waals surface area contributed by atoms with Crippen LogP contribution in [-0.4, -0.2) is 43.8 Å². The van der Waals surface area contributed by atoms with Crippen LogP contribution in [0.25, 0.3) is 0 Å². The molecule has 4 nitrogen and oxygen atoms in total. The zero-order valence-electron chi connectivity index (χ0n) is 27.0. The van der Waals surface area contributed by atoms with Crippen LogP contribution in [0.4, 0.5) is 0 Å². The Morgan fingerprint density at radius 3 is 1.93 bits per heavy atom. The maximum Gasteiger partial charge on any atom is 0.314 e. The molecule has 2 aromatic rings. The van der Waals surface area contributed by atoms with Crippen LogP contribution in [0.1, 0.15) is 115 Å². The molecular formula is C37H60NO3+. The highest BCUT2D eigenvalue weighted by Gasteiger charge is 2.26. The van der Waals surface area contributed by atoms with Gasteiger partial charge in [0, 0.05) is 5.56 Å². The molecule has 0 spiro atoms. The molecule has 0 saturated heterocycles. The van der Waals surface area contributed by atoms with E-state index < -0.39 is 0 Å². The molecular weight excluding hydrogens is 506 g/mol. The molecule has 0 aliphatic rings. The normalized spacial score (nSPS) is 13.1. The van der Waals surface area contributed by atoms with E-state index in [1.54, 1.807) is 0 Å². The van der Waals surface area contributed by atoms with Crippen molar-refractivity contribution in [1.82, 2.24) is 0 Å². The lowest BCUT2D eigenvalue weighted by molar-refractivity contribution is -0.905.